The molecule has 32 heavy (non-hydrogen) atoms. The third kappa shape index (κ3) is 5.13. The molecule has 172 valence electrons. The Labute approximate surface area is 196 Å². The third-order valence-corrected chi connectivity index (χ3v) is 17.7. The molecule has 2 aromatic carbocycles. The summed E-state index contributed by atoms with van der Waals surface area (Å²) in [5, 5.41) is 2.22. The van der Waals surface area contributed by atoms with Crippen molar-refractivity contribution in [1.29, 1.82) is 0 Å². The van der Waals surface area contributed by atoms with Crippen molar-refractivity contribution in [2.75, 3.05) is 28.2 Å². The zero-order chi connectivity index (χ0) is 23.6. The van der Waals surface area contributed by atoms with Gasteiger partial charge in [0.05, 0.1) is 0 Å². The predicted octanol–water partition coefficient (Wildman–Crippen LogP) is 3.02. The van der Waals surface area contributed by atoms with Crippen LogP contribution in [0.2, 0.25) is 13.1 Å². The van der Waals surface area contributed by atoms with Gasteiger partial charge in [-0.1, -0.05) is 48.5 Å². The maximum absolute atomic E-state index is 7.11. The summed E-state index contributed by atoms with van der Waals surface area (Å²) < 4.78 is 20.7. The molecular weight excluding hydrogens is 449 g/mol. The third-order valence-electron chi connectivity index (χ3n) is 5.39. The molecule has 0 spiro atoms. The second kappa shape index (κ2) is 9.70. The van der Waals surface area contributed by atoms with E-state index in [-0.39, 0.29) is 0 Å². The molecule has 1 aliphatic heterocycles. The fraction of sp³-hybridized carbons (Fsp3) is 0.333. The van der Waals surface area contributed by atoms with Gasteiger partial charge in [0.1, 0.15) is 0 Å². The van der Waals surface area contributed by atoms with Crippen molar-refractivity contribution in [2.24, 2.45) is 0 Å². The Hall–Kier alpha value is -1.63. The van der Waals surface area contributed by atoms with Crippen LogP contribution in [0.3, 0.4) is 0 Å². The summed E-state index contributed by atoms with van der Waals surface area (Å²) in [5.74, 6) is 0. The SMILES string of the molecule is C=C[Si]1(c2ccccc2CN(C)C)O[Si](C)(C)O[Si](C=C)(c2ccccc2CN(C)C)O1. The van der Waals surface area contributed by atoms with E-state index in [1.807, 2.05) is 11.4 Å². The van der Waals surface area contributed by atoms with E-state index in [1.54, 1.807) is 0 Å². The Morgan fingerprint density at radius 2 is 1.06 bits per heavy atom. The summed E-state index contributed by atoms with van der Waals surface area (Å²) in [4.78, 5) is 4.33. The highest BCUT2D eigenvalue weighted by Gasteiger charge is 2.59. The van der Waals surface area contributed by atoms with Gasteiger partial charge < -0.3 is 22.1 Å². The Kier molecular flexibility index (Phi) is 7.58. The van der Waals surface area contributed by atoms with Crippen LogP contribution in [0, 0.1) is 0 Å². The Bertz CT molecular complexity index is 907. The maximum Gasteiger partial charge on any atom is 0.382 e. The molecule has 1 heterocycles. The number of nitrogens with zero attached hydrogens (tertiary/aromatic N) is 2. The largest absolute Gasteiger partial charge is 0.409 e. The summed E-state index contributed by atoms with van der Waals surface area (Å²) in [6, 6.07) is 16.8. The zero-order valence-electron chi connectivity index (χ0n) is 20.2. The van der Waals surface area contributed by atoms with E-state index in [4.69, 9.17) is 12.3 Å². The fourth-order valence-corrected chi connectivity index (χ4v) is 19.0. The quantitative estimate of drug-likeness (QED) is 0.538. The lowest BCUT2D eigenvalue weighted by Crippen LogP contribution is -2.75. The Morgan fingerprint density at radius 3 is 1.41 bits per heavy atom. The zero-order valence-corrected chi connectivity index (χ0v) is 23.2. The van der Waals surface area contributed by atoms with E-state index in [1.165, 1.54) is 11.1 Å². The monoisotopic (exact) mass is 484 g/mol. The number of hydrogen-bond acceptors (Lipinski definition) is 5. The molecule has 8 heteroatoms. The van der Waals surface area contributed by atoms with Crippen molar-refractivity contribution in [3.8, 4) is 0 Å². The molecule has 0 bridgehead atoms. The minimum atomic E-state index is -3.03. The Balaban J connectivity index is 2.21. The van der Waals surface area contributed by atoms with Crippen LogP contribution in [-0.4, -0.2) is 63.7 Å². The van der Waals surface area contributed by atoms with Crippen LogP contribution in [0.4, 0.5) is 0 Å². The lowest BCUT2D eigenvalue weighted by atomic mass is 10.2. The van der Waals surface area contributed by atoms with Crippen LogP contribution >= 0.6 is 0 Å². The van der Waals surface area contributed by atoms with Gasteiger partial charge in [-0.3, -0.25) is 0 Å². The number of rotatable bonds is 8. The molecule has 0 aliphatic carbocycles. The topological polar surface area (TPSA) is 34.2 Å². The van der Waals surface area contributed by atoms with Crippen LogP contribution in [0.1, 0.15) is 11.1 Å². The molecule has 2 atom stereocenters. The fourth-order valence-electron chi connectivity index (χ4n) is 4.30. The molecule has 1 aliphatic rings. The van der Waals surface area contributed by atoms with Gasteiger partial charge in [-0.05, 0) is 63.8 Å². The van der Waals surface area contributed by atoms with E-state index in [0.717, 1.165) is 23.5 Å². The summed E-state index contributed by atoms with van der Waals surface area (Å²) in [5.41, 5.74) is 6.26. The van der Waals surface area contributed by atoms with Crippen LogP contribution in [0.5, 0.6) is 0 Å². The average molecular weight is 485 g/mol. The van der Waals surface area contributed by atoms with Gasteiger partial charge in [-0.25, -0.2) is 0 Å². The van der Waals surface area contributed by atoms with Crippen LogP contribution in [0.25, 0.3) is 0 Å². The highest BCUT2D eigenvalue weighted by Crippen LogP contribution is 2.33. The van der Waals surface area contributed by atoms with Crippen molar-refractivity contribution < 1.29 is 12.3 Å². The van der Waals surface area contributed by atoms with Crippen LogP contribution < -0.4 is 10.4 Å². The molecule has 0 radical (unpaired) electrons. The van der Waals surface area contributed by atoms with Gasteiger partial charge in [0.25, 0.3) is 0 Å². The smallest absolute Gasteiger partial charge is 0.382 e. The summed E-state index contributed by atoms with van der Waals surface area (Å²) in [6.45, 7) is 14.3. The van der Waals surface area contributed by atoms with Gasteiger partial charge in [0.2, 0.25) is 0 Å². The molecule has 0 aromatic heterocycles. The second-order valence-corrected chi connectivity index (χ2v) is 19.1. The molecule has 5 nitrogen and oxygen atoms in total. The lowest BCUT2D eigenvalue weighted by Gasteiger charge is -2.50. The van der Waals surface area contributed by atoms with E-state index < -0.39 is 25.7 Å². The van der Waals surface area contributed by atoms with E-state index in [9.17, 15) is 0 Å². The van der Waals surface area contributed by atoms with Gasteiger partial charge in [0.15, 0.2) is 0 Å². The predicted molar refractivity (Wildman–Crippen MR) is 140 cm³/mol. The standard InChI is InChI=1S/C24H36N2O3Si3/c1-9-31(23-17-13-11-15-21(23)19-25(3)4)27-30(7,8)28-32(10-2,29-31)24-18-14-12-16-22(24)20-26(5)6/h9-18H,1-2,19-20H2,3-8H3. The molecular formula is C24H36N2O3Si3. The first-order valence-corrected chi connectivity index (χ1v) is 17.5. The van der Waals surface area contributed by atoms with Crippen LogP contribution in [-0.2, 0) is 25.4 Å². The van der Waals surface area contributed by atoms with Gasteiger partial charge in [0, 0.05) is 23.5 Å². The first-order chi connectivity index (χ1) is 15.1. The maximum atomic E-state index is 7.11. The van der Waals surface area contributed by atoms with Crippen molar-refractivity contribution in [2.45, 2.75) is 26.2 Å². The van der Waals surface area contributed by atoms with E-state index in [2.05, 4.69) is 113 Å². The molecule has 0 amide bonds. The molecule has 3 rings (SSSR count). The first-order valence-electron chi connectivity index (χ1n) is 10.9. The van der Waals surface area contributed by atoms with Gasteiger partial charge in [-0.15, -0.1) is 13.2 Å². The summed E-state index contributed by atoms with van der Waals surface area (Å²) >= 11 is 0. The van der Waals surface area contributed by atoms with Gasteiger partial charge in [-0.2, -0.15) is 0 Å². The molecule has 0 N–H and O–H groups in total. The highest BCUT2D eigenvalue weighted by atomic mass is 28.5. The normalized spacial score (nSPS) is 25.1. The number of benzene rings is 2. The highest BCUT2D eigenvalue weighted by molar-refractivity contribution is 7.06. The van der Waals surface area contributed by atoms with Crippen molar-refractivity contribution >= 4 is 36.1 Å². The molecule has 2 unspecified atom stereocenters. The molecule has 2 aromatic rings. The molecule has 1 saturated heterocycles. The van der Waals surface area contributed by atoms with Crippen molar-refractivity contribution in [1.82, 2.24) is 9.80 Å². The summed E-state index contributed by atoms with van der Waals surface area (Å²) in [7, 11) is -0.335. The second-order valence-electron chi connectivity index (χ2n) is 9.24. The number of hydrogen-bond donors (Lipinski definition) is 0. The minimum absolute atomic E-state index is 0.800. The first kappa shape index (κ1) is 25.0. The molecule has 0 saturated carbocycles. The Morgan fingerprint density at radius 1 is 0.688 bits per heavy atom. The van der Waals surface area contributed by atoms with Crippen molar-refractivity contribution in [3.05, 3.63) is 84.2 Å². The minimum Gasteiger partial charge on any atom is -0.409 e. The van der Waals surface area contributed by atoms with Crippen molar-refractivity contribution in [3.63, 3.8) is 0 Å². The van der Waals surface area contributed by atoms with Crippen LogP contribution in [0.15, 0.2) is 73.1 Å². The lowest BCUT2D eigenvalue weighted by molar-refractivity contribution is 0.255. The van der Waals surface area contributed by atoms with E-state index >= 15 is 0 Å². The average Bonchev–Trinajstić information content (AvgIpc) is 2.72. The molecule has 1 fully saturated rings. The van der Waals surface area contributed by atoms with E-state index in [0.29, 0.717) is 0 Å². The van der Waals surface area contributed by atoms with Gasteiger partial charge >= 0.3 is 25.7 Å². The summed E-state index contributed by atoms with van der Waals surface area (Å²) in [6.07, 6.45) is 0.